The maximum Gasteiger partial charge on any atom is 0.137 e. The number of benzene rings is 2. The molecule has 0 aliphatic rings. The number of hydrogen-bond donors (Lipinski definition) is 1. The van der Waals surface area contributed by atoms with Crippen molar-refractivity contribution < 1.29 is 9.13 Å². The molecular formula is C17H20FNOS. The SMILES string of the molecule is CCNC(C)c1ccc(Sc2cccc(OC)c2)c(F)c1. The third-order valence-electron chi connectivity index (χ3n) is 3.24. The Kier molecular flexibility index (Phi) is 5.65. The van der Waals surface area contributed by atoms with E-state index in [9.17, 15) is 4.39 Å². The minimum absolute atomic E-state index is 0.153. The van der Waals surface area contributed by atoms with Crippen molar-refractivity contribution in [2.45, 2.75) is 29.7 Å². The summed E-state index contributed by atoms with van der Waals surface area (Å²) in [4.78, 5) is 1.58. The van der Waals surface area contributed by atoms with Crippen molar-refractivity contribution in [3.63, 3.8) is 0 Å². The topological polar surface area (TPSA) is 21.3 Å². The third-order valence-corrected chi connectivity index (χ3v) is 4.28. The molecule has 0 spiro atoms. The molecule has 0 heterocycles. The van der Waals surface area contributed by atoms with Crippen LogP contribution in [0.4, 0.5) is 4.39 Å². The predicted molar refractivity (Wildman–Crippen MR) is 85.6 cm³/mol. The normalized spacial score (nSPS) is 12.2. The molecule has 1 atom stereocenters. The second-order valence-corrected chi connectivity index (χ2v) is 5.87. The lowest BCUT2D eigenvalue weighted by Crippen LogP contribution is -2.17. The second kappa shape index (κ2) is 7.48. The summed E-state index contributed by atoms with van der Waals surface area (Å²) >= 11 is 1.40. The molecule has 21 heavy (non-hydrogen) atoms. The van der Waals surface area contributed by atoms with Crippen LogP contribution in [0.5, 0.6) is 5.75 Å². The second-order valence-electron chi connectivity index (χ2n) is 4.75. The predicted octanol–water partition coefficient (Wildman–Crippen LogP) is 4.66. The van der Waals surface area contributed by atoms with E-state index < -0.39 is 0 Å². The lowest BCUT2D eigenvalue weighted by Gasteiger charge is -2.14. The van der Waals surface area contributed by atoms with Crippen LogP contribution in [0.2, 0.25) is 0 Å². The van der Waals surface area contributed by atoms with E-state index in [2.05, 4.69) is 5.32 Å². The van der Waals surface area contributed by atoms with Crippen LogP contribution in [0.25, 0.3) is 0 Å². The Hall–Kier alpha value is -1.52. The summed E-state index contributed by atoms with van der Waals surface area (Å²) < 4.78 is 19.4. The van der Waals surface area contributed by atoms with Gasteiger partial charge in [-0.2, -0.15) is 0 Å². The van der Waals surface area contributed by atoms with Crippen LogP contribution in [0, 0.1) is 5.82 Å². The molecule has 0 saturated carbocycles. The van der Waals surface area contributed by atoms with Crippen molar-refractivity contribution in [2.75, 3.05) is 13.7 Å². The molecule has 1 unspecified atom stereocenters. The average Bonchev–Trinajstić information content (AvgIpc) is 2.49. The first-order chi connectivity index (χ1) is 10.1. The zero-order chi connectivity index (χ0) is 15.2. The fraction of sp³-hybridized carbons (Fsp3) is 0.294. The van der Waals surface area contributed by atoms with Gasteiger partial charge in [0, 0.05) is 15.8 Å². The zero-order valence-electron chi connectivity index (χ0n) is 12.5. The van der Waals surface area contributed by atoms with Gasteiger partial charge in [-0.3, -0.25) is 0 Å². The number of nitrogens with one attached hydrogen (secondary N) is 1. The van der Waals surface area contributed by atoms with E-state index in [4.69, 9.17) is 4.74 Å². The number of ether oxygens (including phenoxy) is 1. The van der Waals surface area contributed by atoms with Crippen molar-refractivity contribution in [2.24, 2.45) is 0 Å². The molecule has 2 nitrogen and oxygen atoms in total. The first-order valence-electron chi connectivity index (χ1n) is 6.98. The number of rotatable bonds is 6. The molecule has 0 radical (unpaired) electrons. The van der Waals surface area contributed by atoms with Gasteiger partial charge in [0.25, 0.3) is 0 Å². The Labute approximate surface area is 129 Å². The van der Waals surface area contributed by atoms with Crippen molar-refractivity contribution >= 4 is 11.8 Å². The van der Waals surface area contributed by atoms with Crippen molar-refractivity contribution in [1.82, 2.24) is 5.32 Å². The number of hydrogen-bond acceptors (Lipinski definition) is 3. The van der Waals surface area contributed by atoms with Crippen LogP contribution in [0.1, 0.15) is 25.5 Å². The minimum Gasteiger partial charge on any atom is -0.497 e. The van der Waals surface area contributed by atoms with Gasteiger partial charge in [0.05, 0.1) is 7.11 Å². The van der Waals surface area contributed by atoms with Crippen LogP contribution >= 0.6 is 11.8 Å². The van der Waals surface area contributed by atoms with E-state index in [-0.39, 0.29) is 11.9 Å². The van der Waals surface area contributed by atoms with E-state index >= 15 is 0 Å². The molecule has 2 rings (SSSR count). The molecule has 0 bridgehead atoms. The van der Waals surface area contributed by atoms with Crippen molar-refractivity contribution in [3.8, 4) is 5.75 Å². The highest BCUT2D eigenvalue weighted by atomic mass is 32.2. The molecule has 0 amide bonds. The summed E-state index contributed by atoms with van der Waals surface area (Å²) in [6.07, 6.45) is 0. The minimum atomic E-state index is -0.190. The first kappa shape index (κ1) is 15.9. The van der Waals surface area contributed by atoms with E-state index in [1.54, 1.807) is 13.2 Å². The number of methoxy groups -OCH3 is 1. The summed E-state index contributed by atoms with van der Waals surface area (Å²) in [7, 11) is 1.63. The lowest BCUT2D eigenvalue weighted by molar-refractivity contribution is 0.413. The molecule has 0 aromatic heterocycles. The smallest absolute Gasteiger partial charge is 0.137 e. The Bertz CT molecular complexity index is 603. The maximum absolute atomic E-state index is 14.2. The standard InChI is InChI=1S/C17H20FNOS/c1-4-19-12(2)13-8-9-17(16(18)10-13)21-15-7-5-6-14(11-15)20-3/h5-12,19H,4H2,1-3H3. The van der Waals surface area contributed by atoms with Gasteiger partial charge in [-0.25, -0.2) is 4.39 Å². The van der Waals surface area contributed by atoms with Crippen LogP contribution in [0.3, 0.4) is 0 Å². The lowest BCUT2D eigenvalue weighted by atomic mass is 10.1. The molecule has 0 aliphatic carbocycles. The van der Waals surface area contributed by atoms with E-state index in [1.807, 2.05) is 50.2 Å². The van der Waals surface area contributed by atoms with Crippen LogP contribution in [0.15, 0.2) is 52.3 Å². The quantitative estimate of drug-likeness (QED) is 0.839. The summed E-state index contributed by atoms with van der Waals surface area (Å²) in [5, 5.41) is 3.28. The largest absolute Gasteiger partial charge is 0.497 e. The highest BCUT2D eigenvalue weighted by Gasteiger charge is 2.10. The van der Waals surface area contributed by atoms with Crippen LogP contribution in [-0.4, -0.2) is 13.7 Å². The number of halogens is 1. The van der Waals surface area contributed by atoms with Gasteiger partial charge in [-0.15, -0.1) is 0 Å². The fourth-order valence-electron chi connectivity index (χ4n) is 2.08. The Morgan fingerprint density at radius 3 is 2.71 bits per heavy atom. The summed E-state index contributed by atoms with van der Waals surface area (Å²) in [6.45, 7) is 4.94. The Balaban J connectivity index is 2.17. The van der Waals surface area contributed by atoms with Gasteiger partial charge in [0.15, 0.2) is 0 Å². The molecule has 0 saturated heterocycles. The van der Waals surface area contributed by atoms with Crippen LogP contribution < -0.4 is 10.1 Å². The highest BCUT2D eigenvalue weighted by Crippen LogP contribution is 2.32. The molecule has 2 aromatic carbocycles. The van der Waals surface area contributed by atoms with E-state index in [0.717, 1.165) is 22.8 Å². The fourth-order valence-corrected chi connectivity index (χ4v) is 2.95. The molecule has 0 fully saturated rings. The highest BCUT2D eigenvalue weighted by molar-refractivity contribution is 7.99. The van der Waals surface area contributed by atoms with Crippen molar-refractivity contribution in [3.05, 3.63) is 53.8 Å². The molecular weight excluding hydrogens is 285 g/mol. The van der Waals surface area contributed by atoms with Gasteiger partial charge in [-0.1, -0.05) is 30.8 Å². The first-order valence-corrected chi connectivity index (χ1v) is 7.80. The third kappa shape index (κ3) is 4.22. The van der Waals surface area contributed by atoms with Gasteiger partial charge in [0.2, 0.25) is 0 Å². The van der Waals surface area contributed by atoms with Crippen molar-refractivity contribution in [1.29, 1.82) is 0 Å². The van der Waals surface area contributed by atoms with E-state index in [0.29, 0.717) is 4.90 Å². The van der Waals surface area contributed by atoms with Crippen LogP contribution in [-0.2, 0) is 0 Å². The average molecular weight is 305 g/mol. The molecule has 0 aliphatic heterocycles. The molecule has 112 valence electrons. The van der Waals surface area contributed by atoms with Gasteiger partial charge < -0.3 is 10.1 Å². The maximum atomic E-state index is 14.2. The summed E-state index contributed by atoms with van der Waals surface area (Å²) in [5.74, 6) is 0.586. The van der Waals surface area contributed by atoms with E-state index in [1.165, 1.54) is 11.8 Å². The Morgan fingerprint density at radius 2 is 2.05 bits per heavy atom. The van der Waals surface area contributed by atoms with Gasteiger partial charge in [0.1, 0.15) is 11.6 Å². The Morgan fingerprint density at radius 1 is 1.24 bits per heavy atom. The monoisotopic (exact) mass is 305 g/mol. The summed E-state index contributed by atoms with van der Waals surface area (Å²) in [6, 6.07) is 13.2. The van der Waals surface area contributed by atoms with Gasteiger partial charge >= 0.3 is 0 Å². The molecule has 1 N–H and O–H groups in total. The zero-order valence-corrected chi connectivity index (χ0v) is 13.3. The molecule has 4 heteroatoms. The van der Waals surface area contributed by atoms with Gasteiger partial charge in [-0.05, 0) is 49.4 Å². The summed E-state index contributed by atoms with van der Waals surface area (Å²) in [5.41, 5.74) is 0.962. The molecule has 2 aromatic rings.